The summed E-state index contributed by atoms with van der Waals surface area (Å²) in [4.78, 5) is 0. The average molecular weight is 334 g/mol. The fourth-order valence-electron chi connectivity index (χ4n) is 1.31. The van der Waals surface area contributed by atoms with Crippen LogP contribution in [0.4, 0.5) is 0 Å². The molecule has 0 aliphatic heterocycles. The molecule has 16 heavy (non-hydrogen) atoms. The van der Waals surface area contributed by atoms with Crippen LogP contribution in [0.5, 0.6) is 0 Å². The predicted octanol–water partition coefficient (Wildman–Crippen LogP) is 1.62. The molecule has 0 aromatic heterocycles. The zero-order chi connectivity index (χ0) is 11.6. The number of methoxy groups -OCH3 is 1. The Kier molecular flexibility index (Phi) is 7.75. The summed E-state index contributed by atoms with van der Waals surface area (Å²) in [5.74, 6) is 0. The molecule has 2 N–H and O–H groups in total. The molecule has 0 spiro atoms. The van der Waals surface area contributed by atoms with Gasteiger partial charge in [-0.25, -0.2) is 0 Å². The molecule has 90 valence electrons. The number of benzene rings is 1. The van der Waals surface area contributed by atoms with Crippen molar-refractivity contribution in [2.45, 2.75) is 6.54 Å². The second kappa shape index (κ2) is 8.92. The highest BCUT2D eigenvalue weighted by molar-refractivity contribution is 14.1. The van der Waals surface area contributed by atoms with Crippen LogP contribution in [0.2, 0.25) is 0 Å². The zero-order valence-corrected chi connectivity index (χ0v) is 11.8. The SMILES string of the molecule is COCCNCCNCc1ccc(I)cc1. The van der Waals surface area contributed by atoms with Gasteiger partial charge in [0.25, 0.3) is 0 Å². The number of hydrogen-bond acceptors (Lipinski definition) is 3. The highest BCUT2D eigenvalue weighted by Crippen LogP contribution is 2.05. The summed E-state index contributed by atoms with van der Waals surface area (Å²) in [5, 5.41) is 6.69. The first-order valence-corrected chi connectivity index (χ1v) is 6.55. The number of halogens is 1. The smallest absolute Gasteiger partial charge is 0.0587 e. The third-order valence-corrected chi connectivity index (χ3v) is 2.92. The molecular formula is C12H19IN2O. The third-order valence-electron chi connectivity index (χ3n) is 2.20. The summed E-state index contributed by atoms with van der Waals surface area (Å²) in [7, 11) is 1.72. The first kappa shape index (κ1) is 13.9. The summed E-state index contributed by atoms with van der Waals surface area (Å²) in [6.45, 7) is 4.59. The van der Waals surface area contributed by atoms with Crippen LogP contribution >= 0.6 is 22.6 Å². The van der Waals surface area contributed by atoms with Crippen molar-refractivity contribution in [2.24, 2.45) is 0 Å². The molecule has 4 heteroatoms. The lowest BCUT2D eigenvalue weighted by atomic mass is 10.2. The Morgan fingerprint density at radius 3 is 2.44 bits per heavy atom. The topological polar surface area (TPSA) is 33.3 Å². The van der Waals surface area contributed by atoms with Gasteiger partial charge in [-0.3, -0.25) is 0 Å². The lowest BCUT2D eigenvalue weighted by molar-refractivity contribution is 0.199. The van der Waals surface area contributed by atoms with E-state index >= 15 is 0 Å². The van der Waals surface area contributed by atoms with Gasteiger partial charge in [0, 0.05) is 36.9 Å². The molecule has 0 radical (unpaired) electrons. The number of nitrogens with one attached hydrogen (secondary N) is 2. The monoisotopic (exact) mass is 334 g/mol. The van der Waals surface area contributed by atoms with E-state index in [1.165, 1.54) is 9.13 Å². The second-order valence-corrected chi connectivity index (χ2v) is 4.79. The van der Waals surface area contributed by atoms with Crippen molar-refractivity contribution in [1.82, 2.24) is 10.6 Å². The van der Waals surface area contributed by atoms with E-state index in [2.05, 4.69) is 57.5 Å². The maximum atomic E-state index is 4.95. The number of rotatable bonds is 8. The minimum Gasteiger partial charge on any atom is -0.383 e. The molecule has 0 heterocycles. The van der Waals surface area contributed by atoms with E-state index in [1.807, 2.05) is 0 Å². The molecule has 0 saturated heterocycles. The number of ether oxygens (including phenoxy) is 1. The van der Waals surface area contributed by atoms with Crippen molar-refractivity contribution in [1.29, 1.82) is 0 Å². The Labute approximate surface area is 111 Å². The summed E-state index contributed by atoms with van der Waals surface area (Å²) >= 11 is 2.32. The zero-order valence-electron chi connectivity index (χ0n) is 9.63. The quantitative estimate of drug-likeness (QED) is 0.560. The molecule has 1 aromatic rings. The highest BCUT2D eigenvalue weighted by atomic mass is 127. The summed E-state index contributed by atoms with van der Waals surface area (Å²) in [6, 6.07) is 8.59. The first-order valence-electron chi connectivity index (χ1n) is 5.48. The van der Waals surface area contributed by atoms with Crippen LogP contribution in [0.1, 0.15) is 5.56 Å². The maximum absolute atomic E-state index is 4.95. The molecule has 0 bridgehead atoms. The molecule has 1 rings (SSSR count). The van der Waals surface area contributed by atoms with Gasteiger partial charge in [-0.15, -0.1) is 0 Å². The van der Waals surface area contributed by atoms with Crippen LogP contribution in [0.3, 0.4) is 0 Å². The lowest BCUT2D eigenvalue weighted by Crippen LogP contribution is -2.29. The lowest BCUT2D eigenvalue weighted by Gasteiger charge is -2.06. The molecule has 0 atom stereocenters. The molecule has 0 fully saturated rings. The Morgan fingerprint density at radius 1 is 1.06 bits per heavy atom. The summed E-state index contributed by atoms with van der Waals surface area (Å²) < 4.78 is 6.23. The van der Waals surface area contributed by atoms with E-state index < -0.39 is 0 Å². The Morgan fingerprint density at radius 2 is 1.75 bits per heavy atom. The van der Waals surface area contributed by atoms with Crippen LogP contribution in [-0.4, -0.2) is 33.4 Å². The number of hydrogen-bond donors (Lipinski definition) is 2. The normalized spacial score (nSPS) is 10.6. The molecule has 0 saturated carbocycles. The Balaban J connectivity index is 2.01. The van der Waals surface area contributed by atoms with E-state index in [1.54, 1.807) is 7.11 Å². The van der Waals surface area contributed by atoms with Gasteiger partial charge in [0.1, 0.15) is 0 Å². The van der Waals surface area contributed by atoms with Crippen molar-refractivity contribution in [2.75, 3.05) is 33.4 Å². The van der Waals surface area contributed by atoms with E-state index in [4.69, 9.17) is 4.74 Å². The largest absolute Gasteiger partial charge is 0.383 e. The fourth-order valence-corrected chi connectivity index (χ4v) is 1.67. The van der Waals surface area contributed by atoms with Crippen molar-refractivity contribution < 1.29 is 4.74 Å². The maximum Gasteiger partial charge on any atom is 0.0587 e. The van der Waals surface area contributed by atoms with Crippen molar-refractivity contribution in [3.63, 3.8) is 0 Å². The Hall–Kier alpha value is -0.170. The summed E-state index contributed by atoms with van der Waals surface area (Å²) in [5.41, 5.74) is 1.33. The van der Waals surface area contributed by atoms with Crippen LogP contribution in [0.15, 0.2) is 24.3 Å². The van der Waals surface area contributed by atoms with E-state index in [0.29, 0.717) is 0 Å². The average Bonchev–Trinajstić information content (AvgIpc) is 2.30. The molecule has 0 aliphatic rings. The second-order valence-electron chi connectivity index (χ2n) is 3.55. The van der Waals surface area contributed by atoms with E-state index in [-0.39, 0.29) is 0 Å². The minimum absolute atomic E-state index is 0.775. The molecule has 0 unspecified atom stereocenters. The molecule has 0 amide bonds. The minimum atomic E-state index is 0.775. The van der Waals surface area contributed by atoms with Gasteiger partial charge in [-0.05, 0) is 40.3 Å². The standard InChI is InChI=1S/C12H19IN2O/c1-16-9-8-14-6-7-15-10-11-2-4-12(13)5-3-11/h2-5,14-15H,6-10H2,1H3. The van der Waals surface area contributed by atoms with Crippen molar-refractivity contribution in [3.05, 3.63) is 33.4 Å². The molecule has 1 aromatic carbocycles. The van der Waals surface area contributed by atoms with Gasteiger partial charge in [0.15, 0.2) is 0 Å². The van der Waals surface area contributed by atoms with Crippen molar-refractivity contribution in [3.8, 4) is 0 Å². The summed E-state index contributed by atoms with van der Waals surface area (Å²) in [6.07, 6.45) is 0. The van der Waals surface area contributed by atoms with Crippen LogP contribution < -0.4 is 10.6 Å². The van der Waals surface area contributed by atoms with E-state index in [9.17, 15) is 0 Å². The predicted molar refractivity (Wildman–Crippen MR) is 75.6 cm³/mol. The van der Waals surface area contributed by atoms with Gasteiger partial charge in [0.2, 0.25) is 0 Å². The van der Waals surface area contributed by atoms with Gasteiger partial charge < -0.3 is 15.4 Å². The highest BCUT2D eigenvalue weighted by Gasteiger charge is 1.92. The Bertz CT molecular complexity index is 277. The molecular weight excluding hydrogens is 315 g/mol. The molecule has 3 nitrogen and oxygen atoms in total. The van der Waals surface area contributed by atoms with Gasteiger partial charge in [-0.1, -0.05) is 12.1 Å². The molecule has 0 aliphatic carbocycles. The van der Waals surface area contributed by atoms with Crippen LogP contribution in [0, 0.1) is 3.57 Å². The van der Waals surface area contributed by atoms with Crippen molar-refractivity contribution >= 4 is 22.6 Å². The van der Waals surface area contributed by atoms with Gasteiger partial charge >= 0.3 is 0 Å². The van der Waals surface area contributed by atoms with Crippen LogP contribution in [0.25, 0.3) is 0 Å². The fraction of sp³-hybridized carbons (Fsp3) is 0.500. The van der Waals surface area contributed by atoms with Gasteiger partial charge in [-0.2, -0.15) is 0 Å². The van der Waals surface area contributed by atoms with Crippen LogP contribution in [-0.2, 0) is 11.3 Å². The third kappa shape index (κ3) is 6.42. The van der Waals surface area contributed by atoms with Gasteiger partial charge in [0.05, 0.1) is 6.61 Å². The first-order chi connectivity index (χ1) is 7.83. The van der Waals surface area contributed by atoms with E-state index in [0.717, 1.165) is 32.8 Å².